The number of hydrogen-bond acceptors (Lipinski definition) is 5. The first-order valence-electron chi connectivity index (χ1n) is 14.0. The standard InChI is InChI=1S/C31H40N4O4S/c1-31(2,3)22-13-9-20(10-14-22)28(37)35-30(40)32-23-15-11-21(26(18-23)39-4)17-24(36)8-6-5-7-19-12-16-25-27(19)34-29(38)33-25/h9-11,13-15,18-19,25,27H,5-8,12,16-17H2,1-4H3,(H2,33,34,38)(H2,32,35,37,40). The molecular weight excluding hydrogens is 524 g/mol. The Kier molecular flexibility index (Phi) is 9.45. The zero-order valence-corrected chi connectivity index (χ0v) is 24.6. The summed E-state index contributed by atoms with van der Waals surface area (Å²) in [6.45, 7) is 6.37. The number of thiocarbonyl (C=S) groups is 1. The van der Waals surface area contributed by atoms with Gasteiger partial charge in [0.05, 0.1) is 19.2 Å². The lowest BCUT2D eigenvalue weighted by atomic mass is 9.87. The summed E-state index contributed by atoms with van der Waals surface area (Å²) < 4.78 is 5.54. The fourth-order valence-corrected chi connectivity index (χ4v) is 5.81. The molecule has 9 heteroatoms. The number of methoxy groups -OCH3 is 1. The van der Waals surface area contributed by atoms with Gasteiger partial charge >= 0.3 is 6.03 Å². The molecule has 8 nitrogen and oxygen atoms in total. The molecule has 40 heavy (non-hydrogen) atoms. The predicted molar refractivity (Wildman–Crippen MR) is 161 cm³/mol. The maximum Gasteiger partial charge on any atom is 0.315 e. The number of anilines is 1. The van der Waals surface area contributed by atoms with E-state index in [1.807, 2.05) is 24.3 Å². The second kappa shape index (κ2) is 12.8. The molecule has 0 aromatic heterocycles. The van der Waals surface area contributed by atoms with Gasteiger partial charge in [0, 0.05) is 35.7 Å². The lowest BCUT2D eigenvalue weighted by Gasteiger charge is -2.19. The number of benzene rings is 2. The minimum atomic E-state index is -0.287. The van der Waals surface area contributed by atoms with Gasteiger partial charge in [-0.1, -0.05) is 45.4 Å². The van der Waals surface area contributed by atoms with Crippen molar-refractivity contribution in [3.8, 4) is 5.75 Å². The highest BCUT2D eigenvalue weighted by atomic mass is 32.1. The predicted octanol–water partition coefficient (Wildman–Crippen LogP) is 5.25. The van der Waals surface area contributed by atoms with Crippen LogP contribution in [0.4, 0.5) is 10.5 Å². The first-order valence-corrected chi connectivity index (χ1v) is 14.4. The van der Waals surface area contributed by atoms with E-state index in [0.29, 0.717) is 35.8 Å². The summed E-state index contributed by atoms with van der Waals surface area (Å²) >= 11 is 5.35. The van der Waals surface area contributed by atoms with Crippen molar-refractivity contribution in [2.75, 3.05) is 12.4 Å². The van der Waals surface area contributed by atoms with Crippen LogP contribution in [0.25, 0.3) is 0 Å². The van der Waals surface area contributed by atoms with Crippen molar-refractivity contribution >= 4 is 40.7 Å². The highest BCUT2D eigenvalue weighted by Crippen LogP contribution is 2.33. The molecule has 2 aliphatic rings. The minimum Gasteiger partial charge on any atom is -0.496 e. The molecule has 2 aromatic carbocycles. The Morgan fingerprint density at radius 3 is 2.50 bits per heavy atom. The zero-order valence-electron chi connectivity index (χ0n) is 23.8. The molecule has 3 unspecified atom stereocenters. The Balaban J connectivity index is 1.22. The van der Waals surface area contributed by atoms with Gasteiger partial charge in [-0.3, -0.25) is 14.9 Å². The molecule has 0 bridgehead atoms. The Morgan fingerprint density at radius 1 is 1.05 bits per heavy atom. The lowest BCUT2D eigenvalue weighted by molar-refractivity contribution is -0.118. The Morgan fingerprint density at radius 2 is 1.80 bits per heavy atom. The van der Waals surface area contributed by atoms with Crippen LogP contribution in [0.5, 0.6) is 5.75 Å². The molecule has 214 valence electrons. The molecule has 3 amide bonds. The van der Waals surface area contributed by atoms with E-state index in [9.17, 15) is 14.4 Å². The Hall–Kier alpha value is -3.46. The molecule has 1 saturated heterocycles. The smallest absolute Gasteiger partial charge is 0.315 e. The summed E-state index contributed by atoms with van der Waals surface area (Å²) in [7, 11) is 1.57. The van der Waals surface area contributed by atoms with Gasteiger partial charge in [-0.15, -0.1) is 0 Å². The van der Waals surface area contributed by atoms with Gasteiger partial charge in [-0.25, -0.2) is 4.79 Å². The van der Waals surface area contributed by atoms with Crippen molar-refractivity contribution < 1.29 is 19.1 Å². The molecule has 1 saturated carbocycles. The number of carbonyl (C=O) groups excluding carboxylic acids is 3. The number of rotatable bonds is 10. The third-order valence-electron chi connectivity index (χ3n) is 7.86. The quantitative estimate of drug-likeness (QED) is 0.232. The fourth-order valence-electron chi connectivity index (χ4n) is 5.60. The van der Waals surface area contributed by atoms with Crippen LogP contribution in [-0.2, 0) is 16.6 Å². The van der Waals surface area contributed by atoms with Crippen molar-refractivity contribution in [3.05, 3.63) is 59.2 Å². The Bertz CT molecular complexity index is 1250. The maximum atomic E-state index is 12.7. The van der Waals surface area contributed by atoms with E-state index >= 15 is 0 Å². The first kappa shape index (κ1) is 29.5. The van der Waals surface area contributed by atoms with Crippen molar-refractivity contribution in [2.24, 2.45) is 5.92 Å². The second-order valence-electron chi connectivity index (χ2n) is 11.8. The number of fused-ring (bicyclic) bond motifs is 1. The van der Waals surface area contributed by atoms with Crippen LogP contribution in [0.2, 0.25) is 0 Å². The molecule has 4 rings (SSSR count). The molecule has 0 radical (unpaired) electrons. The van der Waals surface area contributed by atoms with Gasteiger partial charge in [-0.2, -0.15) is 0 Å². The van der Waals surface area contributed by atoms with Gasteiger partial charge in [0.2, 0.25) is 0 Å². The topological polar surface area (TPSA) is 109 Å². The number of ketones is 1. The van der Waals surface area contributed by atoms with Gasteiger partial charge in [0.15, 0.2) is 5.11 Å². The van der Waals surface area contributed by atoms with Crippen molar-refractivity contribution in [1.29, 1.82) is 0 Å². The average Bonchev–Trinajstić information content (AvgIpc) is 3.46. The van der Waals surface area contributed by atoms with Gasteiger partial charge < -0.3 is 20.7 Å². The summed E-state index contributed by atoms with van der Waals surface area (Å²) in [5.74, 6) is 0.958. The number of ether oxygens (including phenoxy) is 1. The fraction of sp³-hybridized carbons (Fsp3) is 0.484. The van der Waals surface area contributed by atoms with Crippen molar-refractivity contribution in [3.63, 3.8) is 0 Å². The summed E-state index contributed by atoms with van der Waals surface area (Å²) in [6, 6.07) is 13.4. The monoisotopic (exact) mass is 564 g/mol. The van der Waals surface area contributed by atoms with Crippen LogP contribution < -0.4 is 26.0 Å². The number of carbonyl (C=O) groups is 3. The highest BCUT2D eigenvalue weighted by molar-refractivity contribution is 7.80. The van der Waals surface area contributed by atoms with E-state index in [0.717, 1.165) is 43.2 Å². The summed E-state index contributed by atoms with van der Waals surface area (Å²) in [6.07, 6.45) is 5.79. The number of urea groups is 1. The third kappa shape index (κ3) is 7.59. The van der Waals surface area contributed by atoms with Crippen LogP contribution in [0, 0.1) is 5.92 Å². The van der Waals surface area contributed by atoms with Crippen molar-refractivity contribution in [1.82, 2.24) is 16.0 Å². The van der Waals surface area contributed by atoms with E-state index in [-0.39, 0.29) is 40.3 Å². The normalized spacial score (nSPS) is 19.8. The maximum absolute atomic E-state index is 12.7. The second-order valence-corrected chi connectivity index (χ2v) is 12.2. The number of Topliss-reactive ketones (excluding diaryl/α,β-unsaturated/α-hetero) is 1. The molecule has 3 atom stereocenters. The number of nitrogens with one attached hydrogen (secondary N) is 4. The summed E-state index contributed by atoms with van der Waals surface area (Å²) in [5.41, 5.74) is 3.15. The van der Waals surface area contributed by atoms with Gasteiger partial charge in [-0.05, 0) is 73.0 Å². The molecule has 0 spiro atoms. The van der Waals surface area contributed by atoms with Crippen LogP contribution in [0.1, 0.15) is 80.8 Å². The van der Waals surface area contributed by atoms with E-state index in [1.54, 1.807) is 25.3 Å². The van der Waals surface area contributed by atoms with Crippen LogP contribution in [0.3, 0.4) is 0 Å². The van der Waals surface area contributed by atoms with E-state index < -0.39 is 0 Å². The number of amides is 3. The minimum absolute atomic E-state index is 0.00951. The lowest BCUT2D eigenvalue weighted by Crippen LogP contribution is -2.34. The van der Waals surface area contributed by atoms with E-state index in [4.69, 9.17) is 17.0 Å². The molecule has 4 N–H and O–H groups in total. The molecule has 2 aromatic rings. The molecule has 1 aliphatic heterocycles. The van der Waals surface area contributed by atoms with Crippen LogP contribution in [0.15, 0.2) is 42.5 Å². The molecular formula is C31H40N4O4S. The average molecular weight is 565 g/mol. The molecule has 2 fully saturated rings. The molecule has 1 heterocycles. The van der Waals surface area contributed by atoms with Gasteiger partial charge in [0.1, 0.15) is 11.5 Å². The van der Waals surface area contributed by atoms with Gasteiger partial charge in [0.25, 0.3) is 5.91 Å². The van der Waals surface area contributed by atoms with Crippen LogP contribution in [-0.4, -0.2) is 42.0 Å². The van der Waals surface area contributed by atoms with E-state index in [1.165, 1.54) is 0 Å². The summed E-state index contributed by atoms with van der Waals surface area (Å²) in [5, 5.41) is 11.9. The zero-order chi connectivity index (χ0) is 28.9. The Labute approximate surface area is 242 Å². The third-order valence-corrected chi connectivity index (χ3v) is 8.06. The van der Waals surface area contributed by atoms with Crippen LogP contribution >= 0.6 is 12.2 Å². The number of unbranched alkanes of at least 4 members (excludes halogenated alkanes) is 1. The van der Waals surface area contributed by atoms with E-state index in [2.05, 4.69) is 42.0 Å². The highest BCUT2D eigenvalue weighted by Gasteiger charge is 2.41. The summed E-state index contributed by atoms with van der Waals surface area (Å²) in [4.78, 5) is 36.9. The number of hydrogen-bond donors (Lipinski definition) is 4. The SMILES string of the molecule is COc1cc(NC(=S)NC(=O)c2ccc(C(C)(C)C)cc2)ccc1CC(=O)CCCCC1CCC2NC(=O)NC12. The largest absolute Gasteiger partial charge is 0.496 e. The van der Waals surface area contributed by atoms with Crippen molar-refractivity contribution in [2.45, 2.75) is 83.2 Å². The molecule has 1 aliphatic carbocycles. The first-order chi connectivity index (χ1) is 19.0.